The van der Waals surface area contributed by atoms with E-state index < -0.39 is 0 Å². The van der Waals surface area contributed by atoms with Gasteiger partial charge in [0.2, 0.25) is 6.79 Å². The molecule has 0 saturated heterocycles. The van der Waals surface area contributed by atoms with Gasteiger partial charge in [-0.1, -0.05) is 6.07 Å². The van der Waals surface area contributed by atoms with Crippen LogP contribution in [-0.2, 0) is 20.0 Å². The average molecular weight is 471 g/mol. The van der Waals surface area contributed by atoms with Crippen molar-refractivity contribution in [2.24, 2.45) is 12.0 Å². The molecule has 0 aliphatic carbocycles. The summed E-state index contributed by atoms with van der Waals surface area (Å²) in [4.78, 5) is 4.64. The highest BCUT2D eigenvalue weighted by molar-refractivity contribution is 14.0. The van der Waals surface area contributed by atoms with Crippen molar-refractivity contribution >= 4 is 29.9 Å². The Morgan fingerprint density at radius 1 is 1.23 bits per heavy atom. The Hall–Kier alpha value is -1.97. The summed E-state index contributed by atoms with van der Waals surface area (Å²) in [6.45, 7) is 4.64. The monoisotopic (exact) mass is 471 g/mol. The van der Waals surface area contributed by atoms with Gasteiger partial charge in [-0.2, -0.15) is 5.10 Å². The van der Waals surface area contributed by atoms with E-state index in [2.05, 4.69) is 33.8 Å². The molecule has 2 aromatic rings. The van der Waals surface area contributed by atoms with E-state index in [4.69, 9.17) is 9.47 Å². The molecular formula is C18H26IN5O2. The molecule has 0 radical (unpaired) electrons. The Morgan fingerprint density at radius 3 is 2.85 bits per heavy atom. The number of aromatic nitrogens is 2. The van der Waals surface area contributed by atoms with Crippen molar-refractivity contribution in [1.29, 1.82) is 0 Å². The third-order valence-electron chi connectivity index (χ3n) is 3.89. The van der Waals surface area contributed by atoms with Crippen molar-refractivity contribution in [3.63, 3.8) is 0 Å². The lowest BCUT2D eigenvalue weighted by atomic mass is 10.2. The zero-order valence-corrected chi connectivity index (χ0v) is 17.5. The second-order valence-corrected chi connectivity index (χ2v) is 5.94. The summed E-state index contributed by atoms with van der Waals surface area (Å²) in [6, 6.07) is 5.93. The zero-order chi connectivity index (χ0) is 17.5. The normalized spacial score (nSPS) is 12.6. The van der Waals surface area contributed by atoms with Crippen LogP contribution in [0.4, 0.5) is 0 Å². The van der Waals surface area contributed by atoms with Crippen LogP contribution in [0.1, 0.15) is 24.5 Å². The third kappa shape index (κ3) is 5.79. The molecule has 3 rings (SSSR count). The van der Waals surface area contributed by atoms with Crippen LogP contribution in [0.3, 0.4) is 0 Å². The Bertz CT molecular complexity index is 732. The van der Waals surface area contributed by atoms with Gasteiger partial charge in [0.15, 0.2) is 17.5 Å². The van der Waals surface area contributed by atoms with Crippen molar-refractivity contribution in [1.82, 2.24) is 20.4 Å². The quantitative estimate of drug-likeness (QED) is 0.281. The number of nitrogens with one attached hydrogen (secondary N) is 2. The molecule has 0 fully saturated rings. The highest BCUT2D eigenvalue weighted by Gasteiger charge is 2.12. The van der Waals surface area contributed by atoms with E-state index in [-0.39, 0.29) is 24.0 Å². The Morgan fingerprint density at radius 2 is 2.08 bits per heavy atom. The summed E-state index contributed by atoms with van der Waals surface area (Å²) in [5.41, 5.74) is 2.35. The van der Waals surface area contributed by atoms with Gasteiger partial charge in [0.05, 0.1) is 12.7 Å². The molecule has 0 bridgehead atoms. The van der Waals surface area contributed by atoms with E-state index in [0.29, 0.717) is 13.3 Å². The minimum absolute atomic E-state index is 0. The summed E-state index contributed by atoms with van der Waals surface area (Å²) in [5.74, 6) is 2.42. The molecule has 2 heterocycles. The summed E-state index contributed by atoms with van der Waals surface area (Å²) < 4.78 is 12.6. The number of hydrogen-bond donors (Lipinski definition) is 2. The number of hydrogen-bond acceptors (Lipinski definition) is 4. The van der Waals surface area contributed by atoms with E-state index in [0.717, 1.165) is 49.0 Å². The van der Waals surface area contributed by atoms with E-state index in [1.54, 1.807) is 0 Å². The largest absolute Gasteiger partial charge is 0.454 e. The minimum atomic E-state index is 0. The molecule has 1 aliphatic heterocycles. The second kappa shape index (κ2) is 10.2. The van der Waals surface area contributed by atoms with E-state index in [9.17, 15) is 0 Å². The molecule has 0 spiro atoms. The van der Waals surface area contributed by atoms with Gasteiger partial charge in [0.1, 0.15) is 0 Å². The van der Waals surface area contributed by atoms with Crippen LogP contribution in [0.25, 0.3) is 0 Å². The van der Waals surface area contributed by atoms with Crippen LogP contribution in [0.5, 0.6) is 11.5 Å². The first-order chi connectivity index (χ1) is 12.2. The second-order valence-electron chi connectivity index (χ2n) is 5.94. The van der Waals surface area contributed by atoms with Crippen LogP contribution >= 0.6 is 24.0 Å². The topological polar surface area (TPSA) is 72.7 Å². The summed E-state index contributed by atoms with van der Waals surface area (Å²) in [5, 5.41) is 10.8. The molecule has 0 atom stereocenters. The average Bonchev–Trinajstić information content (AvgIpc) is 3.24. The first-order valence-electron chi connectivity index (χ1n) is 8.63. The lowest BCUT2D eigenvalue weighted by Crippen LogP contribution is -2.37. The Balaban J connectivity index is 0.00000243. The highest BCUT2D eigenvalue weighted by atomic mass is 127. The summed E-state index contributed by atoms with van der Waals surface area (Å²) in [6.07, 6.45) is 6.00. The number of guanidine groups is 1. The van der Waals surface area contributed by atoms with E-state index in [1.165, 1.54) is 5.56 Å². The Kier molecular flexibility index (Phi) is 8.02. The number of aryl methyl sites for hydroxylation is 2. The fourth-order valence-corrected chi connectivity index (χ4v) is 2.65. The first kappa shape index (κ1) is 20.3. The van der Waals surface area contributed by atoms with Crippen LogP contribution in [0, 0.1) is 0 Å². The van der Waals surface area contributed by atoms with Gasteiger partial charge >= 0.3 is 0 Å². The van der Waals surface area contributed by atoms with Crippen LogP contribution < -0.4 is 20.1 Å². The van der Waals surface area contributed by atoms with Gasteiger partial charge in [-0.3, -0.25) is 4.68 Å². The number of benzene rings is 1. The van der Waals surface area contributed by atoms with Gasteiger partial charge in [0.25, 0.3) is 0 Å². The summed E-state index contributed by atoms with van der Waals surface area (Å²) >= 11 is 0. The first-order valence-corrected chi connectivity index (χ1v) is 8.63. The molecule has 26 heavy (non-hydrogen) atoms. The standard InChI is InChI=1S/C18H25N5O2.HI/c1-3-19-18(20-8-4-5-15-11-22-23(2)12-15)21-10-14-6-7-16-17(9-14)25-13-24-16;/h6-7,9,11-12H,3-5,8,10,13H2,1-2H3,(H2,19,20,21);1H. The molecular weight excluding hydrogens is 445 g/mol. The maximum Gasteiger partial charge on any atom is 0.231 e. The van der Waals surface area contributed by atoms with Crippen molar-refractivity contribution in [3.05, 3.63) is 41.7 Å². The molecule has 0 amide bonds. The summed E-state index contributed by atoms with van der Waals surface area (Å²) in [7, 11) is 1.94. The molecule has 7 nitrogen and oxygen atoms in total. The molecule has 1 aromatic heterocycles. The number of rotatable bonds is 7. The predicted octanol–water partition coefficient (Wildman–Crippen LogP) is 2.45. The number of fused-ring (bicyclic) bond motifs is 1. The van der Waals surface area contributed by atoms with Crippen molar-refractivity contribution in [3.8, 4) is 11.5 Å². The number of aliphatic imine (C=N–C) groups is 1. The molecule has 0 unspecified atom stereocenters. The van der Waals surface area contributed by atoms with Crippen molar-refractivity contribution in [2.45, 2.75) is 26.3 Å². The highest BCUT2D eigenvalue weighted by Crippen LogP contribution is 2.32. The molecule has 2 N–H and O–H groups in total. The van der Waals surface area contributed by atoms with Crippen molar-refractivity contribution < 1.29 is 9.47 Å². The van der Waals surface area contributed by atoms with E-state index in [1.807, 2.05) is 36.1 Å². The van der Waals surface area contributed by atoms with Crippen molar-refractivity contribution in [2.75, 3.05) is 19.9 Å². The SMILES string of the molecule is CCNC(=NCc1ccc2c(c1)OCO2)NCCCc1cnn(C)c1.I. The minimum Gasteiger partial charge on any atom is -0.454 e. The van der Waals surface area contributed by atoms with Gasteiger partial charge in [0, 0.05) is 26.3 Å². The number of nitrogens with zero attached hydrogens (tertiary/aromatic N) is 3. The van der Waals surface area contributed by atoms with Gasteiger partial charge in [-0.15, -0.1) is 24.0 Å². The molecule has 0 saturated carbocycles. The Labute approximate surface area is 171 Å². The lowest BCUT2D eigenvalue weighted by molar-refractivity contribution is 0.174. The number of ether oxygens (including phenoxy) is 2. The maximum absolute atomic E-state index is 5.41. The van der Waals surface area contributed by atoms with Crippen LogP contribution in [-0.4, -0.2) is 35.6 Å². The fourth-order valence-electron chi connectivity index (χ4n) is 2.65. The molecule has 8 heteroatoms. The molecule has 142 valence electrons. The number of halogens is 1. The predicted molar refractivity (Wildman–Crippen MR) is 112 cm³/mol. The smallest absolute Gasteiger partial charge is 0.231 e. The maximum atomic E-state index is 5.41. The fraction of sp³-hybridized carbons (Fsp3) is 0.444. The lowest BCUT2D eigenvalue weighted by Gasteiger charge is -2.11. The molecule has 1 aliphatic rings. The third-order valence-corrected chi connectivity index (χ3v) is 3.89. The molecule has 1 aromatic carbocycles. The van der Waals surface area contributed by atoms with E-state index >= 15 is 0 Å². The van der Waals surface area contributed by atoms with Gasteiger partial charge < -0.3 is 20.1 Å². The van der Waals surface area contributed by atoms with Crippen LogP contribution in [0.15, 0.2) is 35.6 Å². The van der Waals surface area contributed by atoms with Gasteiger partial charge in [-0.25, -0.2) is 4.99 Å². The van der Waals surface area contributed by atoms with Gasteiger partial charge in [-0.05, 0) is 43.0 Å². The zero-order valence-electron chi connectivity index (χ0n) is 15.2. The van der Waals surface area contributed by atoms with Crippen LogP contribution in [0.2, 0.25) is 0 Å².